The van der Waals surface area contributed by atoms with E-state index in [9.17, 15) is 32.7 Å². The van der Waals surface area contributed by atoms with Crippen LogP contribution in [0, 0.1) is 28.5 Å². The fourth-order valence-electron chi connectivity index (χ4n) is 4.74. The van der Waals surface area contributed by atoms with Gasteiger partial charge in [-0.2, -0.15) is 18.4 Å². The second-order valence-corrected chi connectivity index (χ2v) is 8.28. The molecule has 0 saturated heterocycles. The topological polar surface area (TPSA) is 82.3 Å². The summed E-state index contributed by atoms with van der Waals surface area (Å²) in [4.78, 5) is 12.8. The molecule has 9 heteroatoms. The average molecular weight is 440 g/mol. The number of methoxy groups -OCH3 is 1. The first-order chi connectivity index (χ1) is 14.6. The van der Waals surface area contributed by atoms with E-state index in [1.165, 1.54) is 7.11 Å². The van der Waals surface area contributed by atoms with Gasteiger partial charge in [-0.15, -0.1) is 0 Å². The molecule has 3 atom stereocenters. The Morgan fingerprint density at radius 3 is 2.58 bits per heavy atom. The van der Waals surface area contributed by atoms with Gasteiger partial charge in [-0.1, -0.05) is 18.9 Å². The predicted octanol–water partition coefficient (Wildman–Crippen LogP) is 4.61. The van der Waals surface area contributed by atoms with E-state index in [1.807, 2.05) is 6.07 Å². The number of aliphatic carboxylic acids is 1. The fraction of sp³-hybridized carbons (Fsp3) is 0.545. The average Bonchev–Trinajstić information content (AvgIpc) is 3.50. The summed E-state index contributed by atoms with van der Waals surface area (Å²) in [5.41, 5.74) is -3.13. The third kappa shape index (κ3) is 4.26. The number of carboxylic acid groups (broad SMARTS) is 1. The molecule has 1 aromatic rings. The molecule has 168 valence electrons. The number of allylic oxidation sites excluding steroid dienone is 2. The quantitative estimate of drug-likeness (QED) is 0.606. The first-order valence-corrected chi connectivity index (χ1v) is 10.0. The number of carbonyl (C=O) groups is 1. The monoisotopic (exact) mass is 440 g/mol. The molecule has 3 unspecified atom stereocenters. The summed E-state index contributed by atoms with van der Waals surface area (Å²) in [6.07, 6.45) is -3.02. The lowest BCUT2D eigenvalue weighted by Gasteiger charge is -2.48. The molecular weight excluding hydrogens is 416 g/mol. The van der Waals surface area contributed by atoms with Crippen molar-refractivity contribution in [1.82, 2.24) is 5.32 Å². The Hall–Kier alpha value is -2.60. The van der Waals surface area contributed by atoms with Crippen LogP contribution in [-0.2, 0) is 15.7 Å². The van der Waals surface area contributed by atoms with E-state index in [0.717, 1.165) is 25.0 Å². The SMILES string of the molecule is COCCC1NC(C)=C(C#N)C(c2ccc(F)cc2C(F)(F)F)C1(CC1CC1)C(=O)O. The van der Waals surface area contributed by atoms with Gasteiger partial charge in [0.1, 0.15) is 5.82 Å². The normalized spacial score (nSPS) is 26.4. The van der Waals surface area contributed by atoms with E-state index in [1.54, 1.807) is 6.92 Å². The summed E-state index contributed by atoms with van der Waals surface area (Å²) in [6.45, 7) is 1.74. The summed E-state index contributed by atoms with van der Waals surface area (Å²) < 4.78 is 60.6. The molecule has 0 radical (unpaired) electrons. The van der Waals surface area contributed by atoms with Crippen molar-refractivity contribution >= 4 is 5.97 Å². The van der Waals surface area contributed by atoms with Crippen molar-refractivity contribution in [3.63, 3.8) is 0 Å². The molecule has 1 aliphatic heterocycles. The lowest BCUT2D eigenvalue weighted by Crippen LogP contribution is -2.57. The van der Waals surface area contributed by atoms with Crippen molar-refractivity contribution in [1.29, 1.82) is 5.26 Å². The molecule has 3 rings (SSSR count). The number of ether oxygens (including phenoxy) is 1. The number of hydrogen-bond acceptors (Lipinski definition) is 4. The Morgan fingerprint density at radius 1 is 1.39 bits per heavy atom. The van der Waals surface area contributed by atoms with Crippen LogP contribution < -0.4 is 5.32 Å². The van der Waals surface area contributed by atoms with Crippen LogP contribution in [0.5, 0.6) is 0 Å². The van der Waals surface area contributed by atoms with Gasteiger partial charge in [-0.3, -0.25) is 4.79 Å². The van der Waals surface area contributed by atoms with Gasteiger partial charge in [0.15, 0.2) is 0 Å². The number of nitriles is 1. The van der Waals surface area contributed by atoms with Gasteiger partial charge in [0.25, 0.3) is 0 Å². The Balaban J connectivity index is 2.32. The number of benzene rings is 1. The maximum Gasteiger partial charge on any atom is 0.416 e. The maximum absolute atomic E-state index is 13.9. The van der Waals surface area contributed by atoms with E-state index in [2.05, 4.69) is 5.32 Å². The second-order valence-electron chi connectivity index (χ2n) is 8.28. The third-order valence-corrected chi connectivity index (χ3v) is 6.30. The van der Waals surface area contributed by atoms with E-state index in [4.69, 9.17) is 4.74 Å². The second kappa shape index (κ2) is 8.50. The van der Waals surface area contributed by atoms with Gasteiger partial charge < -0.3 is 15.2 Å². The zero-order chi connectivity index (χ0) is 23.0. The molecule has 0 spiro atoms. The van der Waals surface area contributed by atoms with Gasteiger partial charge >= 0.3 is 12.1 Å². The molecular formula is C22H24F4N2O3. The Labute approximate surface area is 177 Å². The minimum Gasteiger partial charge on any atom is -0.481 e. The van der Waals surface area contributed by atoms with Crippen LogP contribution in [0.15, 0.2) is 29.5 Å². The van der Waals surface area contributed by atoms with E-state index < -0.39 is 46.5 Å². The third-order valence-electron chi connectivity index (χ3n) is 6.30. The molecule has 1 aliphatic carbocycles. The summed E-state index contributed by atoms with van der Waals surface area (Å²) in [5.74, 6) is -3.70. The van der Waals surface area contributed by atoms with Crippen molar-refractivity contribution in [2.24, 2.45) is 11.3 Å². The van der Waals surface area contributed by atoms with E-state index in [-0.39, 0.29) is 30.9 Å². The van der Waals surface area contributed by atoms with E-state index in [0.29, 0.717) is 11.8 Å². The molecule has 1 fully saturated rings. The maximum atomic E-state index is 13.9. The molecule has 31 heavy (non-hydrogen) atoms. The van der Waals surface area contributed by atoms with Crippen LogP contribution in [-0.4, -0.2) is 30.8 Å². The highest BCUT2D eigenvalue weighted by Crippen LogP contribution is 2.56. The molecule has 1 heterocycles. The van der Waals surface area contributed by atoms with Crippen LogP contribution >= 0.6 is 0 Å². The van der Waals surface area contributed by atoms with Crippen molar-refractivity contribution in [3.8, 4) is 6.07 Å². The van der Waals surface area contributed by atoms with Gasteiger partial charge in [0, 0.05) is 31.4 Å². The smallest absolute Gasteiger partial charge is 0.416 e. The summed E-state index contributed by atoms with van der Waals surface area (Å²) >= 11 is 0. The first kappa shape index (κ1) is 23.1. The van der Waals surface area contributed by atoms with E-state index >= 15 is 0 Å². The number of carboxylic acids is 1. The van der Waals surface area contributed by atoms with Gasteiger partial charge in [-0.05, 0) is 43.4 Å². The zero-order valence-corrected chi connectivity index (χ0v) is 17.2. The van der Waals surface area contributed by atoms with Crippen molar-refractivity contribution in [2.75, 3.05) is 13.7 Å². The molecule has 0 bridgehead atoms. The van der Waals surface area contributed by atoms with Crippen molar-refractivity contribution in [2.45, 2.75) is 50.7 Å². The number of nitrogens with zero attached hydrogens (tertiary/aromatic N) is 1. The highest BCUT2D eigenvalue weighted by atomic mass is 19.4. The molecule has 0 amide bonds. The largest absolute Gasteiger partial charge is 0.481 e. The summed E-state index contributed by atoms with van der Waals surface area (Å²) in [6, 6.07) is 3.39. The first-order valence-electron chi connectivity index (χ1n) is 10.0. The molecule has 0 aromatic heterocycles. The highest BCUT2D eigenvalue weighted by Gasteiger charge is 2.59. The molecule has 1 aromatic carbocycles. The number of halogens is 4. The summed E-state index contributed by atoms with van der Waals surface area (Å²) in [7, 11) is 1.45. The van der Waals surface area contributed by atoms with Gasteiger partial charge in [0.2, 0.25) is 0 Å². The zero-order valence-electron chi connectivity index (χ0n) is 17.2. The van der Waals surface area contributed by atoms with Crippen LogP contribution in [0.1, 0.15) is 49.7 Å². The molecule has 2 aliphatic rings. The number of rotatable bonds is 7. The predicted molar refractivity (Wildman–Crippen MR) is 103 cm³/mol. The Morgan fingerprint density at radius 2 is 2.06 bits per heavy atom. The number of alkyl halides is 3. The van der Waals surface area contributed by atoms with Gasteiger partial charge in [0.05, 0.1) is 22.6 Å². The minimum absolute atomic E-state index is 0.0404. The fourth-order valence-corrected chi connectivity index (χ4v) is 4.74. The van der Waals surface area contributed by atoms with Gasteiger partial charge in [-0.25, -0.2) is 4.39 Å². The number of hydrogen-bond donors (Lipinski definition) is 2. The molecule has 1 saturated carbocycles. The van der Waals surface area contributed by atoms with Crippen LogP contribution in [0.25, 0.3) is 0 Å². The standard InChI is InChI=1S/C22H24F4N2O3/c1-12-16(11-27)19(15-6-5-14(23)9-17(15)22(24,25)26)21(20(29)30,10-13-3-4-13)18(28-12)7-8-31-2/h5-6,9,13,18-19,28H,3-4,7-8,10H2,1-2H3,(H,29,30). The van der Waals surface area contributed by atoms with Crippen LogP contribution in [0.4, 0.5) is 17.6 Å². The highest BCUT2D eigenvalue weighted by molar-refractivity contribution is 5.80. The number of nitrogens with one attached hydrogen (secondary N) is 1. The van der Waals surface area contributed by atoms with Crippen LogP contribution in [0.3, 0.4) is 0 Å². The molecule has 2 N–H and O–H groups in total. The summed E-state index contributed by atoms with van der Waals surface area (Å²) in [5, 5.41) is 23.4. The van der Waals surface area contributed by atoms with Crippen molar-refractivity contribution in [3.05, 3.63) is 46.4 Å². The Kier molecular flexibility index (Phi) is 6.33. The minimum atomic E-state index is -4.91. The van der Waals surface area contributed by atoms with Crippen molar-refractivity contribution < 1.29 is 32.2 Å². The molecule has 5 nitrogen and oxygen atoms in total. The Bertz CT molecular complexity index is 934. The van der Waals surface area contributed by atoms with Crippen LogP contribution in [0.2, 0.25) is 0 Å². The lowest BCUT2D eigenvalue weighted by molar-refractivity contribution is -0.155. The lowest BCUT2D eigenvalue weighted by atomic mass is 9.58.